The van der Waals surface area contributed by atoms with Gasteiger partial charge in [0.05, 0.1) is 0 Å². The van der Waals surface area contributed by atoms with E-state index in [9.17, 15) is 0 Å². The molecule has 0 bridgehead atoms. The van der Waals surface area contributed by atoms with E-state index >= 15 is 0 Å². The molecule has 0 amide bonds. The summed E-state index contributed by atoms with van der Waals surface area (Å²) in [5, 5.41) is 6.88. The van der Waals surface area contributed by atoms with Gasteiger partial charge in [-0.05, 0) is 83.1 Å². The molecule has 0 aromatic rings. The molecule has 2 atom stereocenters. The van der Waals surface area contributed by atoms with Crippen LogP contribution in [0.3, 0.4) is 0 Å². The normalized spacial score (nSPS) is 15.1. The van der Waals surface area contributed by atoms with E-state index in [2.05, 4.69) is 128 Å². The van der Waals surface area contributed by atoms with Gasteiger partial charge in [-0.1, -0.05) is 0 Å². The van der Waals surface area contributed by atoms with Crippen LogP contribution in [-0.2, 0) is 0 Å². The maximum absolute atomic E-state index is 3.44. The molecular weight excluding hydrogens is 358 g/mol. The van der Waals surface area contributed by atoms with Crippen molar-refractivity contribution in [2.24, 2.45) is 0 Å². The van der Waals surface area contributed by atoms with Gasteiger partial charge >= 0.3 is 0 Å². The molecule has 0 heterocycles. The van der Waals surface area contributed by atoms with Crippen molar-refractivity contribution in [1.29, 1.82) is 0 Å². The van der Waals surface area contributed by atoms with E-state index in [1.165, 1.54) is 0 Å². The van der Waals surface area contributed by atoms with Crippen LogP contribution in [0.25, 0.3) is 0 Å². The maximum Gasteiger partial charge on any atom is 0.0349 e. The molecule has 0 radical (unpaired) electrons. The van der Waals surface area contributed by atoms with Crippen LogP contribution < -0.4 is 10.6 Å². The van der Waals surface area contributed by atoms with Crippen molar-refractivity contribution < 1.29 is 0 Å². The first-order valence-corrected chi connectivity index (χ1v) is 12.3. The molecule has 6 heteroatoms. The number of hydrogen-bond acceptors (Lipinski definition) is 4. The SMILES string of the molecule is CC(C)(C)N/C=C\N(PPN(/C=C\NC(C)(C)C)C(C)(C)C)C(C)(C)C. The molecule has 0 saturated carbocycles. The lowest BCUT2D eigenvalue weighted by Crippen LogP contribution is -2.35. The van der Waals surface area contributed by atoms with Gasteiger partial charge in [0.2, 0.25) is 0 Å². The molecule has 4 nitrogen and oxygen atoms in total. The molecule has 2 N–H and O–H groups in total. The minimum Gasteiger partial charge on any atom is -0.385 e. The lowest BCUT2D eigenvalue weighted by atomic mass is 10.1. The highest BCUT2D eigenvalue weighted by Crippen LogP contribution is 2.49. The molecular formula is C20H44N4P2. The summed E-state index contributed by atoms with van der Waals surface area (Å²) in [6.45, 7) is 26.7. The number of hydrogen-bond donors (Lipinski definition) is 2. The summed E-state index contributed by atoms with van der Waals surface area (Å²) in [5.74, 6) is 0. The van der Waals surface area contributed by atoms with E-state index < -0.39 is 0 Å². The monoisotopic (exact) mass is 402 g/mol. The fourth-order valence-corrected chi connectivity index (χ4v) is 5.98. The molecule has 0 spiro atoms. The lowest BCUT2D eigenvalue weighted by molar-refractivity contribution is 0.335. The average molecular weight is 403 g/mol. The van der Waals surface area contributed by atoms with Gasteiger partial charge in [0.15, 0.2) is 0 Å². The molecule has 0 aliphatic rings. The highest BCUT2D eigenvalue weighted by Gasteiger charge is 2.23. The summed E-state index contributed by atoms with van der Waals surface area (Å²) in [4.78, 5) is 0. The fraction of sp³-hybridized carbons (Fsp3) is 0.800. The van der Waals surface area contributed by atoms with Gasteiger partial charge in [0, 0.05) is 63.8 Å². The molecule has 26 heavy (non-hydrogen) atoms. The number of nitrogens with one attached hydrogen (secondary N) is 2. The van der Waals surface area contributed by atoms with E-state index in [1.807, 2.05) is 0 Å². The van der Waals surface area contributed by atoms with Gasteiger partial charge in [-0.3, -0.25) is 0 Å². The first kappa shape index (κ1) is 25.5. The summed E-state index contributed by atoms with van der Waals surface area (Å²) < 4.78 is 4.88. The van der Waals surface area contributed by atoms with Gasteiger partial charge in [-0.25, -0.2) is 0 Å². The van der Waals surface area contributed by atoms with E-state index in [4.69, 9.17) is 0 Å². The Labute approximate surface area is 167 Å². The Morgan fingerprint density at radius 2 is 0.808 bits per heavy atom. The van der Waals surface area contributed by atoms with Crippen LogP contribution in [0.2, 0.25) is 0 Å². The van der Waals surface area contributed by atoms with E-state index in [0.717, 1.165) is 0 Å². The molecule has 0 aromatic carbocycles. The van der Waals surface area contributed by atoms with Crippen LogP contribution in [0, 0.1) is 0 Å². The predicted molar refractivity (Wildman–Crippen MR) is 124 cm³/mol. The van der Waals surface area contributed by atoms with Crippen molar-refractivity contribution in [2.75, 3.05) is 0 Å². The molecule has 0 aliphatic heterocycles. The van der Waals surface area contributed by atoms with Crippen LogP contribution in [0.1, 0.15) is 83.1 Å². The topological polar surface area (TPSA) is 30.5 Å². The summed E-state index contributed by atoms with van der Waals surface area (Å²) in [6.07, 6.45) is 8.58. The van der Waals surface area contributed by atoms with Crippen molar-refractivity contribution >= 4 is 16.8 Å². The lowest BCUT2D eigenvalue weighted by Gasteiger charge is -2.40. The molecule has 2 unspecified atom stereocenters. The molecule has 0 fully saturated rings. The van der Waals surface area contributed by atoms with Gasteiger partial charge in [-0.2, -0.15) is 0 Å². The van der Waals surface area contributed by atoms with Gasteiger partial charge < -0.3 is 20.0 Å². The third-order valence-electron chi connectivity index (χ3n) is 3.22. The van der Waals surface area contributed by atoms with Gasteiger partial charge in [-0.15, -0.1) is 0 Å². The molecule has 0 aliphatic carbocycles. The van der Waals surface area contributed by atoms with E-state index in [0.29, 0.717) is 16.8 Å². The van der Waals surface area contributed by atoms with Crippen molar-refractivity contribution in [3.05, 3.63) is 24.8 Å². The van der Waals surface area contributed by atoms with Crippen molar-refractivity contribution in [2.45, 2.75) is 105 Å². The highest BCUT2D eigenvalue weighted by atomic mass is 32.0. The smallest absolute Gasteiger partial charge is 0.0349 e. The summed E-state index contributed by atoms with van der Waals surface area (Å²) >= 11 is 0. The van der Waals surface area contributed by atoms with Crippen LogP contribution in [0.15, 0.2) is 24.8 Å². The van der Waals surface area contributed by atoms with Gasteiger partial charge in [0.1, 0.15) is 0 Å². The third kappa shape index (κ3) is 12.8. The molecule has 154 valence electrons. The summed E-state index contributed by atoms with van der Waals surface area (Å²) in [5.41, 5.74) is 0.366. The largest absolute Gasteiger partial charge is 0.385 e. The Morgan fingerprint density at radius 1 is 0.538 bits per heavy atom. The minimum absolute atomic E-state index is 0.0876. The quantitative estimate of drug-likeness (QED) is 0.511. The zero-order valence-electron chi connectivity index (χ0n) is 19.2. The van der Waals surface area contributed by atoms with Crippen molar-refractivity contribution in [3.8, 4) is 0 Å². The Bertz CT molecular complexity index is 416. The van der Waals surface area contributed by atoms with Crippen molar-refractivity contribution in [1.82, 2.24) is 20.0 Å². The van der Waals surface area contributed by atoms with Crippen LogP contribution >= 0.6 is 16.8 Å². The number of rotatable bonds is 7. The first-order valence-electron chi connectivity index (χ1n) is 9.40. The molecule has 0 saturated heterocycles. The fourth-order valence-electron chi connectivity index (χ4n) is 1.69. The average Bonchev–Trinajstić information content (AvgIpc) is 2.34. The molecule has 0 rings (SSSR count). The predicted octanol–water partition coefficient (Wildman–Crippen LogP) is 6.01. The third-order valence-corrected chi connectivity index (χ3v) is 7.18. The molecule has 0 aromatic heterocycles. The Morgan fingerprint density at radius 3 is 1.00 bits per heavy atom. The van der Waals surface area contributed by atoms with Crippen molar-refractivity contribution in [3.63, 3.8) is 0 Å². The Balaban J connectivity index is 5.06. The minimum atomic E-state index is 0.0876. The van der Waals surface area contributed by atoms with E-state index in [-0.39, 0.29) is 22.2 Å². The standard InChI is InChI=1S/C20H44N4P2/c1-17(2,3)21-13-15-23(19(7,8)9)25-26-24(20(10,11)12)16-14-22-18(4,5)6/h13-16,21-22,25-26H,1-12H3/b15-13-,16-14-. The van der Waals surface area contributed by atoms with Gasteiger partial charge in [0.25, 0.3) is 0 Å². The number of nitrogens with zero attached hydrogens (tertiary/aromatic N) is 2. The second kappa shape index (κ2) is 9.65. The second-order valence-corrected chi connectivity index (χ2v) is 13.5. The van der Waals surface area contributed by atoms with Crippen LogP contribution in [-0.4, -0.2) is 31.5 Å². The Hall–Kier alpha value is -0.460. The Kier molecular flexibility index (Phi) is 9.48. The first-order chi connectivity index (χ1) is 11.4. The summed E-state index contributed by atoms with van der Waals surface area (Å²) in [7, 11) is 1.40. The highest BCUT2D eigenvalue weighted by molar-refractivity contribution is 8.09. The maximum atomic E-state index is 3.44. The zero-order chi connectivity index (χ0) is 20.8. The zero-order valence-corrected chi connectivity index (χ0v) is 21.2. The van der Waals surface area contributed by atoms with E-state index in [1.54, 1.807) is 0 Å². The van der Waals surface area contributed by atoms with Crippen LogP contribution in [0.4, 0.5) is 0 Å². The van der Waals surface area contributed by atoms with Crippen LogP contribution in [0.5, 0.6) is 0 Å². The second-order valence-electron chi connectivity index (χ2n) is 10.7. The summed E-state index contributed by atoms with van der Waals surface area (Å²) in [6, 6.07) is 0.